The lowest BCUT2D eigenvalue weighted by molar-refractivity contribution is -0.252. The second-order valence-electron chi connectivity index (χ2n) is 14.0. The van der Waals surface area contributed by atoms with Gasteiger partial charge in [-0.2, -0.15) is 4.72 Å². The van der Waals surface area contributed by atoms with Gasteiger partial charge >= 0.3 is 0 Å². The smallest absolute Gasteiger partial charge is 0.242 e. The zero-order valence-electron chi connectivity index (χ0n) is 30.8. The first-order valence-electron chi connectivity index (χ1n) is 18.2. The van der Waals surface area contributed by atoms with Gasteiger partial charge in [-0.05, 0) is 79.0 Å². The number of nitrogens with zero attached hydrogens (tertiary/aromatic N) is 1. The topological polar surface area (TPSA) is 158 Å². The number of carbonyl (C=O) groups is 1. The number of benzene rings is 5. The van der Waals surface area contributed by atoms with Crippen LogP contribution in [0.5, 0.6) is 5.75 Å². The lowest BCUT2D eigenvalue weighted by Gasteiger charge is -2.38. The Balaban J connectivity index is 1.21. The van der Waals surface area contributed by atoms with Crippen LogP contribution < -0.4 is 10.0 Å². The molecule has 1 amide bonds. The summed E-state index contributed by atoms with van der Waals surface area (Å²) in [6, 6.07) is 35.7. The molecule has 0 spiro atoms. The Labute approximate surface area is 322 Å². The second-order valence-corrected chi connectivity index (χ2v) is 15.7. The van der Waals surface area contributed by atoms with Crippen LogP contribution in [0.4, 0.5) is 5.69 Å². The molecule has 0 unspecified atom stereocenters. The molecule has 5 atom stereocenters. The molecule has 55 heavy (non-hydrogen) atoms. The van der Waals surface area contributed by atoms with E-state index < -0.39 is 34.4 Å². The highest BCUT2D eigenvalue weighted by molar-refractivity contribution is 7.89. The molecule has 1 aliphatic heterocycles. The van der Waals surface area contributed by atoms with Crippen LogP contribution in [0, 0.1) is 6.92 Å². The molecular formula is C43H47N3O8S. The molecule has 11 nitrogen and oxygen atoms in total. The zero-order chi connectivity index (χ0) is 39.0. The van der Waals surface area contributed by atoms with E-state index in [0.29, 0.717) is 36.3 Å². The summed E-state index contributed by atoms with van der Waals surface area (Å²) >= 11 is 0. The van der Waals surface area contributed by atoms with Crippen molar-refractivity contribution in [3.63, 3.8) is 0 Å². The van der Waals surface area contributed by atoms with E-state index in [4.69, 9.17) is 9.47 Å². The van der Waals surface area contributed by atoms with Crippen molar-refractivity contribution in [3.05, 3.63) is 161 Å². The Kier molecular flexibility index (Phi) is 13.1. The Morgan fingerprint density at radius 2 is 1.58 bits per heavy atom. The summed E-state index contributed by atoms with van der Waals surface area (Å²) in [5, 5.41) is 33.3. The van der Waals surface area contributed by atoms with E-state index in [1.54, 1.807) is 54.6 Å². The molecule has 0 aromatic heterocycles. The molecule has 1 fully saturated rings. The van der Waals surface area contributed by atoms with Crippen molar-refractivity contribution in [3.8, 4) is 5.75 Å². The quantitative estimate of drug-likeness (QED) is 0.0872. The molecule has 5 N–H and O–H groups in total. The lowest BCUT2D eigenvalue weighted by atomic mass is 9.99. The number of ether oxygens (including phenoxy) is 2. The summed E-state index contributed by atoms with van der Waals surface area (Å²) in [6.07, 6.45) is -1.72. The van der Waals surface area contributed by atoms with E-state index in [-0.39, 0.29) is 35.9 Å². The number of rotatable bonds is 15. The SMILES string of the molecule is Cc1ccc(S(=O)(=O)N[C@H](Cc2ccccc2)C(=O)Nc2cccc([C@H]3O[C@@H](CN(C)C[C@@H](O)c4cccc(O)c4)C[C@@H](c4ccc(CO)cc4)O3)c2)cc1. The Bertz CT molecular complexity index is 2130. The monoisotopic (exact) mass is 765 g/mol. The maximum Gasteiger partial charge on any atom is 0.242 e. The lowest BCUT2D eigenvalue weighted by Crippen LogP contribution is -2.45. The third kappa shape index (κ3) is 10.9. The van der Waals surface area contributed by atoms with Gasteiger partial charge in [-0.15, -0.1) is 0 Å². The van der Waals surface area contributed by atoms with Crippen LogP contribution in [0.3, 0.4) is 0 Å². The van der Waals surface area contributed by atoms with Gasteiger partial charge in [0.25, 0.3) is 0 Å². The number of carbonyl (C=O) groups excluding carboxylic acids is 1. The minimum Gasteiger partial charge on any atom is -0.508 e. The van der Waals surface area contributed by atoms with Gasteiger partial charge in [0.15, 0.2) is 6.29 Å². The Morgan fingerprint density at radius 3 is 2.29 bits per heavy atom. The van der Waals surface area contributed by atoms with Crippen molar-refractivity contribution in [1.29, 1.82) is 0 Å². The summed E-state index contributed by atoms with van der Waals surface area (Å²) in [7, 11) is -2.14. The number of hydrogen-bond donors (Lipinski definition) is 5. The van der Waals surface area contributed by atoms with E-state index in [1.165, 1.54) is 12.1 Å². The first-order chi connectivity index (χ1) is 26.4. The number of nitrogens with one attached hydrogen (secondary N) is 2. The predicted molar refractivity (Wildman–Crippen MR) is 209 cm³/mol. The summed E-state index contributed by atoms with van der Waals surface area (Å²) in [5.41, 5.74) is 5.06. The van der Waals surface area contributed by atoms with Crippen LogP contribution in [0.25, 0.3) is 0 Å². The number of aliphatic hydroxyl groups is 2. The van der Waals surface area contributed by atoms with Crippen LogP contribution in [0.1, 0.15) is 58.3 Å². The highest BCUT2D eigenvalue weighted by Gasteiger charge is 2.34. The predicted octanol–water partition coefficient (Wildman–Crippen LogP) is 5.93. The van der Waals surface area contributed by atoms with Crippen LogP contribution in [-0.4, -0.2) is 66.8 Å². The number of anilines is 1. The fraction of sp³-hybridized carbons (Fsp3) is 0.279. The van der Waals surface area contributed by atoms with Crippen molar-refractivity contribution in [1.82, 2.24) is 9.62 Å². The fourth-order valence-corrected chi connectivity index (χ4v) is 7.79. The molecule has 0 aliphatic carbocycles. The molecule has 5 aromatic carbocycles. The second kappa shape index (κ2) is 18.1. The molecule has 6 rings (SSSR count). The number of amides is 1. The number of aromatic hydroxyl groups is 1. The molecule has 0 radical (unpaired) electrons. The number of aryl methyl sites for hydroxylation is 1. The van der Waals surface area contributed by atoms with Crippen LogP contribution in [0.15, 0.2) is 132 Å². The fourth-order valence-electron chi connectivity index (χ4n) is 6.59. The summed E-state index contributed by atoms with van der Waals surface area (Å²) < 4.78 is 42.5. The molecular weight excluding hydrogens is 719 g/mol. The molecule has 5 aromatic rings. The molecule has 1 aliphatic rings. The minimum atomic E-state index is -4.03. The highest BCUT2D eigenvalue weighted by Crippen LogP contribution is 2.39. The molecule has 0 saturated carbocycles. The number of aliphatic hydroxyl groups excluding tert-OH is 2. The average molecular weight is 766 g/mol. The van der Waals surface area contributed by atoms with Gasteiger partial charge in [0.2, 0.25) is 15.9 Å². The molecule has 0 bridgehead atoms. The van der Waals surface area contributed by atoms with Gasteiger partial charge < -0.3 is 35.0 Å². The summed E-state index contributed by atoms with van der Waals surface area (Å²) in [6.45, 7) is 2.54. The highest BCUT2D eigenvalue weighted by atomic mass is 32.2. The number of phenolic OH excluding ortho intramolecular Hbond substituents is 1. The average Bonchev–Trinajstić information content (AvgIpc) is 3.18. The first kappa shape index (κ1) is 39.8. The summed E-state index contributed by atoms with van der Waals surface area (Å²) in [5.74, 6) is -0.452. The summed E-state index contributed by atoms with van der Waals surface area (Å²) in [4.78, 5) is 15.9. The van der Waals surface area contributed by atoms with Crippen molar-refractivity contribution in [2.45, 2.75) is 61.9 Å². The molecule has 288 valence electrons. The van der Waals surface area contributed by atoms with Gasteiger partial charge in [0.1, 0.15) is 11.8 Å². The van der Waals surface area contributed by atoms with Gasteiger partial charge in [-0.1, -0.05) is 96.6 Å². The number of hydrogen-bond acceptors (Lipinski definition) is 9. The molecule has 12 heteroatoms. The minimum absolute atomic E-state index is 0.0622. The van der Waals surface area contributed by atoms with Crippen molar-refractivity contribution in [2.75, 3.05) is 25.5 Å². The normalized spacial score (nSPS) is 18.5. The van der Waals surface area contributed by atoms with E-state index >= 15 is 0 Å². The Morgan fingerprint density at radius 1 is 0.855 bits per heavy atom. The van der Waals surface area contributed by atoms with E-state index in [1.807, 2.05) is 79.5 Å². The Hall–Kier alpha value is -4.92. The van der Waals surface area contributed by atoms with Gasteiger partial charge in [0, 0.05) is 30.8 Å². The van der Waals surface area contributed by atoms with E-state index in [9.17, 15) is 28.5 Å². The number of sulfonamides is 1. The molecule has 1 saturated heterocycles. The maximum atomic E-state index is 13.9. The van der Waals surface area contributed by atoms with E-state index in [2.05, 4.69) is 10.0 Å². The number of likely N-dealkylation sites (N-methyl/N-ethyl adjacent to an activating group) is 1. The van der Waals surface area contributed by atoms with Gasteiger partial charge in [-0.25, -0.2) is 8.42 Å². The third-order valence-electron chi connectivity index (χ3n) is 9.52. The standard InChI is InChI=1S/C43H47N3O8S/c1-29-14-20-38(21-15-29)55(51,52)45-39(22-30-8-4-3-5-9-30)42(50)44-35-12-6-11-34(23-35)43-53-37(25-41(54-43)32-18-16-31(28-47)17-19-32)26-46(2)27-40(49)33-10-7-13-36(48)24-33/h3-21,23-24,37,39-41,43,45,47-49H,22,25-28H2,1-2H3,(H,44,50)/t37-,39-,40-,41+,43+/m1/s1. The van der Waals surface area contributed by atoms with Gasteiger partial charge in [0.05, 0.1) is 29.8 Å². The first-order valence-corrected chi connectivity index (χ1v) is 19.6. The van der Waals surface area contributed by atoms with Crippen LogP contribution >= 0.6 is 0 Å². The molecule has 1 heterocycles. The largest absolute Gasteiger partial charge is 0.508 e. The van der Waals surface area contributed by atoms with Gasteiger partial charge in [-0.3, -0.25) is 4.79 Å². The van der Waals surface area contributed by atoms with Crippen LogP contribution in [-0.2, 0) is 37.3 Å². The zero-order valence-corrected chi connectivity index (χ0v) is 31.6. The number of phenols is 1. The van der Waals surface area contributed by atoms with Crippen molar-refractivity contribution in [2.24, 2.45) is 0 Å². The van der Waals surface area contributed by atoms with E-state index in [0.717, 1.165) is 22.3 Å². The third-order valence-corrected chi connectivity index (χ3v) is 11.0. The van der Waals surface area contributed by atoms with Crippen LogP contribution in [0.2, 0.25) is 0 Å². The van der Waals surface area contributed by atoms with Crippen molar-refractivity contribution >= 4 is 21.6 Å². The van der Waals surface area contributed by atoms with Crippen molar-refractivity contribution < 1.29 is 38.0 Å². The maximum absolute atomic E-state index is 13.9.